The van der Waals surface area contributed by atoms with Gasteiger partial charge in [0, 0.05) is 37.3 Å². The zero-order valence-corrected chi connectivity index (χ0v) is 17.7. The number of thiazole rings is 1. The minimum atomic E-state index is -3.16. The first-order valence-corrected chi connectivity index (χ1v) is 12.2. The van der Waals surface area contributed by atoms with Crippen molar-refractivity contribution < 1.29 is 13.2 Å². The molecule has 0 aliphatic carbocycles. The van der Waals surface area contributed by atoms with Crippen molar-refractivity contribution in [1.82, 2.24) is 9.29 Å². The number of amides is 1. The number of thioether (sulfide) groups is 1. The van der Waals surface area contributed by atoms with Gasteiger partial charge in [0.1, 0.15) is 0 Å². The van der Waals surface area contributed by atoms with E-state index in [1.54, 1.807) is 0 Å². The number of carbonyl (C=O) groups excluding carboxylic acids is 1. The average molecular weight is 427 g/mol. The molecule has 27 heavy (non-hydrogen) atoms. The topological polar surface area (TPSA) is 82.6 Å². The molecule has 0 unspecified atom stereocenters. The second-order valence-corrected chi connectivity index (χ2v) is 10.3. The van der Waals surface area contributed by atoms with Gasteiger partial charge in [-0.15, -0.1) is 11.3 Å². The lowest BCUT2D eigenvalue weighted by Gasteiger charge is -2.35. The predicted octanol–water partition coefficient (Wildman–Crippen LogP) is 2.26. The Balaban J connectivity index is 1.61. The van der Waals surface area contributed by atoms with E-state index < -0.39 is 10.0 Å². The lowest BCUT2D eigenvalue weighted by Crippen LogP contribution is -2.48. The Labute approximate surface area is 167 Å². The van der Waals surface area contributed by atoms with E-state index in [1.807, 2.05) is 36.6 Å². The third-order valence-corrected chi connectivity index (χ3v) is 7.59. The smallest absolute Gasteiger partial charge is 0.234 e. The van der Waals surface area contributed by atoms with Crippen molar-refractivity contribution in [1.29, 1.82) is 0 Å². The molecule has 146 valence electrons. The summed E-state index contributed by atoms with van der Waals surface area (Å²) in [4.78, 5) is 18.8. The summed E-state index contributed by atoms with van der Waals surface area (Å²) in [5.74, 6) is 0.207. The highest BCUT2D eigenvalue weighted by molar-refractivity contribution is 8.01. The highest BCUT2D eigenvalue weighted by Gasteiger charge is 2.24. The van der Waals surface area contributed by atoms with Crippen molar-refractivity contribution in [2.75, 3.05) is 48.4 Å². The Morgan fingerprint density at radius 2 is 1.96 bits per heavy atom. The summed E-state index contributed by atoms with van der Waals surface area (Å²) in [5.41, 5.74) is 2.61. The first-order chi connectivity index (χ1) is 12.8. The molecular formula is C17H22N4O3S3. The minimum Gasteiger partial charge on any atom is -0.367 e. The van der Waals surface area contributed by atoms with Gasteiger partial charge in [0.25, 0.3) is 0 Å². The van der Waals surface area contributed by atoms with E-state index in [1.165, 1.54) is 33.7 Å². The molecule has 1 aromatic carbocycles. The van der Waals surface area contributed by atoms with Crippen LogP contribution < -0.4 is 10.2 Å². The van der Waals surface area contributed by atoms with Gasteiger partial charge < -0.3 is 10.2 Å². The minimum absolute atomic E-state index is 0.0879. The van der Waals surface area contributed by atoms with Gasteiger partial charge >= 0.3 is 0 Å². The van der Waals surface area contributed by atoms with Crippen molar-refractivity contribution in [2.45, 2.75) is 11.3 Å². The normalized spacial score (nSPS) is 15.7. The van der Waals surface area contributed by atoms with Crippen molar-refractivity contribution in [3.05, 3.63) is 35.3 Å². The molecule has 1 aliphatic rings. The first kappa shape index (κ1) is 20.1. The van der Waals surface area contributed by atoms with Crippen LogP contribution in [0.25, 0.3) is 0 Å². The quantitative estimate of drug-likeness (QED) is 0.714. The van der Waals surface area contributed by atoms with Gasteiger partial charge in [0.05, 0.1) is 23.4 Å². The van der Waals surface area contributed by atoms with Crippen LogP contribution in [0.15, 0.2) is 34.0 Å². The SMILES string of the molecule is Cc1csc(SCC(=O)Nc2ccccc2N2CCN(S(C)(=O)=O)CC2)n1. The number of para-hydroxylation sites is 2. The van der Waals surface area contributed by atoms with Gasteiger partial charge in [0.2, 0.25) is 15.9 Å². The largest absolute Gasteiger partial charge is 0.367 e. The highest BCUT2D eigenvalue weighted by atomic mass is 32.2. The molecule has 1 aliphatic heterocycles. The molecule has 0 bridgehead atoms. The van der Waals surface area contributed by atoms with E-state index in [0.717, 1.165) is 21.4 Å². The Morgan fingerprint density at radius 3 is 2.59 bits per heavy atom. The Kier molecular flexibility index (Phi) is 6.40. The number of hydrogen-bond donors (Lipinski definition) is 1. The van der Waals surface area contributed by atoms with Crippen LogP contribution in [-0.2, 0) is 14.8 Å². The molecule has 0 spiro atoms. The molecule has 0 atom stereocenters. The van der Waals surface area contributed by atoms with Crippen molar-refractivity contribution in [2.24, 2.45) is 0 Å². The molecule has 10 heteroatoms. The predicted molar refractivity (Wildman–Crippen MR) is 111 cm³/mol. The number of benzene rings is 1. The molecule has 1 saturated heterocycles. The highest BCUT2D eigenvalue weighted by Crippen LogP contribution is 2.28. The van der Waals surface area contributed by atoms with Crippen molar-refractivity contribution in [3.8, 4) is 0 Å². The second kappa shape index (κ2) is 8.59. The van der Waals surface area contributed by atoms with Crippen LogP contribution in [0, 0.1) is 6.92 Å². The van der Waals surface area contributed by atoms with Crippen LogP contribution in [0.4, 0.5) is 11.4 Å². The van der Waals surface area contributed by atoms with Crippen LogP contribution in [0.1, 0.15) is 5.69 Å². The molecule has 0 radical (unpaired) electrons. The molecule has 1 fully saturated rings. The summed E-state index contributed by atoms with van der Waals surface area (Å²) in [6, 6.07) is 7.61. The van der Waals surface area contributed by atoms with Gasteiger partial charge in [0.15, 0.2) is 4.34 Å². The number of anilines is 2. The number of aromatic nitrogens is 1. The van der Waals surface area contributed by atoms with Gasteiger partial charge in [-0.2, -0.15) is 4.31 Å². The third-order valence-electron chi connectivity index (χ3n) is 4.15. The van der Waals surface area contributed by atoms with Crippen LogP contribution in [0.3, 0.4) is 0 Å². The number of nitrogens with one attached hydrogen (secondary N) is 1. The number of hydrogen-bond acceptors (Lipinski definition) is 7. The van der Waals surface area contributed by atoms with E-state index >= 15 is 0 Å². The fourth-order valence-corrected chi connectivity index (χ4v) is 5.30. The maximum atomic E-state index is 12.3. The van der Waals surface area contributed by atoms with E-state index in [0.29, 0.717) is 31.9 Å². The molecule has 0 saturated carbocycles. The number of piperazine rings is 1. The zero-order chi connectivity index (χ0) is 19.4. The number of rotatable bonds is 6. The fraction of sp³-hybridized carbons (Fsp3) is 0.412. The maximum absolute atomic E-state index is 12.3. The van der Waals surface area contributed by atoms with E-state index in [2.05, 4.69) is 15.2 Å². The molecule has 2 aromatic rings. The summed E-state index contributed by atoms with van der Waals surface area (Å²) in [6.07, 6.45) is 1.23. The number of nitrogens with zero attached hydrogens (tertiary/aromatic N) is 3. The van der Waals surface area contributed by atoms with Gasteiger partial charge in [-0.25, -0.2) is 13.4 Å². The van der Waals surface area contributed by atoms with Crippen LogP contribution in [0.2, 0.25) is 0 Å². The van der Waals surface area contributed by atoms with Gasteiger partial charge in [-0.05, 0) is 19.1 Å². The summed E-state index contributed by atoms with van der Waals surface area (Å²) in [6.45, 7) is 4.00. The van der Waals surface area contributed by atoms with Crippen LogP contribution >= 0.6 is 23.1 Å². The maximum Gasteiger partial charge on any atom is 0.234 e. The summed E-state index contributed by atoms with van der Waals surface area (Å²) >= 11 is 2.96. The van der Waals surface area contributed by atoms with Crippen LogP contribution in [0.5, 0.6) is 0 Å². The fourth-order valence-electron chi connectivity index (χ4n) is 2.83. The lowest BCUT2D eigenvalue weighted by molar-refractivity contribution is -0.113. The number of carbonyl (C=O) groups is 1. The van der Waals surface area contributed by atoms with Crippen LogP contribution in [-0.4, -0.2) is 61.8 Å². The Hall–Kier alpha value is -1.62. The zero-order valence-electron chi connectivity index (χ0n) is 15.2. The second-order valence-electron chi connectivity index (χ2n) is 6.26. The average Bonchev–Trinajstić information content (AvgIpc) is 3.05. The molecule has 1 N–H and O–H groups in total. The van der Waals surface area contributed by atoms with E-state index in [4.69, 9.17) is 0 Å². The molecular weight excluding hydrogens is 404 g/mol. The molecule has 7 nitrogen and oxygen atoms in total. The monoisotopic (exact) mass is 426 g/mol. The van der Waals surface area contributed by atoms with E-state index in [9.17, 15) is 13.2 Å². The number of aryl methyl sites for hydroxylation is 1. The number of sulfonamides is 1. The van der Waals surface area contributed by atoms with Crippen molar-refractivity contribution in [3.63, 3.8) is 0 Å². The summed E-state index contributed by atoms with van der Waals surface area (Å²) in [5, 5.41) is 4.93. The standard InChI is InChI=1S/C17H22N4O3S3/c1-13-11-25-17(18-13)26-12-16(22)19-14-5-3-4-6-15(14)20-7-9-21(10-8-20)27(2,23)24/h3-6,11H,7-10,12H2,1-2H3,(H,19,22). The van der Waals surface area contributed by atoms with Gasteiger partial charge in [-0.3, -0.25) is 4.79 Å². The first-order valence-electron chi connectivity index (χ1n) is 8.47. The van der Waals surface area contributed by atoms with E-state index in [-0.39, 0.29) is 5.91 Å². The molecule has 2 heterocycles. The van der Waals surface area contributed by atoms with Gasteiger partial charge in [-0.1, -0.05) is 23.9 Å². The summed E-state index contributed by atoms with van der Waals surface area (Å²) < 4.78 is 25.7. The Bertz CT molecular complexity index is 906. The lowest BCUT2D eigenvalue weighted by atomic mass is 10.2. The summed E-state index contributed by atoms with van der Waals surface area (Å²) in [7, 11) is -3.16. The van der Waals surface area contributed by atoms with Crippen molar-refractivity contribution >= 4 is 50.4 Å². The Morgan fingerprint density at radius 1 is 1.26 bits per heavy atom. The molecule has 1 amide bonds. The molecule has 3 rings (SSSR count). The molecule has 1 aromatic heterocycles. The third kappa shape index (κ3) is 5.44.